The zero-order valence-corrected chi connectivity index (χ0v) is 11.6. The number of piperidine rings is 1. The van der Waals surface area contributed by atoms with Gasteiger partial charge in [0.2, 0.25) is 0 Å². The normalized spacial score (nSPS) is 17.9. The summed E-state index contributed by atoms with van der Waals surface area (Å²) < 4.78 is 0. The second-order valence-corrected chi connectivity index (χ2v) is 5.42. The van der Waals surface area contributed by atoms with E-state index in [9.17, 15) is 14.7 Å². The fourth-order valence-corrected chi connectivity index (χ4v) is 2.26. The van der Waals surface area contributed by atoms with Crippen LogP contribution in [0.5, 0.6) is 0 Å². The first-order valence-electron chi connectivity index (χ1n) is 6.53. The van der Waals surface area contributed by atoms with E-state index in [1.165, 1.54) is 12.1 Å². The van der Waals surface area contributed by atoms with E-state index in [4.69, 9.17) is 5.11 Å². The Kier molecular flexibility index (Phi) is 3.76. The van der Waals surface area contributed by atoms with Crippen LogP contribution in [0.2, 0.25) is 0 Å². The van der Waals surface area contributed by atoms with Gasteiger partial charge in [-0.15, -0.1) is 0 Å². The molecule has 0 spiro atoms. The van der Waals surface area contributed by atoms with Crippen LogP contribution in [0.3, 0.4) is 0 Å². The van der Waals surface area contributed by atoms with E-state index in [-0.39, 0.29) is 17.2 Å². The van der Waals surface area contributed by atoms with Crippen LogP contribution >= 0.6 is 0 Å². The summed E-state index contributed by atoms with van der Waals surface area (Å²) in [5.41, 5.74) is -0.0441. The number of aryl methyl sites for hydroxylation is 1. The molecule has 0 bridgehead atoms. The van der Waals surface area contributed by atoms with Crippen LogP contribution in [0, 0.1) is 6.92 Å². The van der Waals surface area contributed by atoms with Crippen molar-refractivity contribution in [1.29, 1.82) is 0 Å². The molecular weight excluding hydrogens is 260 g/mol. The Labute approximate surface area is 117 Å². The maximum atomic E-state index is 12.3. The highest BCUT2D eigenvalue weighted by molar-refractivity contribution is 5.94. The maximum absolute atomic E-state index is 12.3. The molecular formula is C14H18N2O4. The van der Waals surface area contributed by atoms with Crippen molar-refractivity contribution >= 4 is 11.9 Å². The van der Waals surface area contributed by atoms with E-state index < -0.39 is 11.6 Å². The molecule has 108 valence electrons. The second kappa shape index (κ2) is 5.20. The smallest absolute Gasteiger partial charge is 0.337 e. The predicted molar refractivity (Wildman–Crippen MR) is 71.7 cm³/mol. The minimum atomic E-state index is -1.05. The lowest BCUT2D eigenvalue weighted by Gasteiger charge is -2.35. The maximum Gasteiger partial charge on any atom is 0.337 e. The largest absolute Gasteiger partial charge is 0.478 e. The van der Waals surface area contributed by atoms with Crippen LogP contribution in [-0.2, 0) is 0 Å². The molecule has 1 aromatic heterocycles. The first-order chi connectivity index (χ1) is 9.30. The number of hydrogen-bond donors (Lipinski definition) is 2. The Morgan fingerprint density at radius 3 is 2.40 bits per heavy atom. The number of carbonyl (C=O) groups is 2. The highest BCUT2D eigenvalue weighted by Gasteiger charge is 2.30. The van der Waals surface area contributed by atoms with Gasteiger partial charge in [-0.3, -0.25) is 4.79 Å². The molecule has 1 aliphatic rings. The summed E-state index contributed by atoms with van der Waals surface area (Å²) in [6.45, 7) is 4.29. The number of pyridine rings is 1. The van der Waals surface area contributed by atoms with Crippen molar-refractivity contribution in [3.63, 3.8) is 0 Å². The van der Waals surface area contributed by atoms with Crippen LogP contribution in [0.4, 0.5) is 0 Å². The summed E-state index contributed by atoms with van der Waals surface area (Å²) in [4.78, 5) is 28.9. The topological polar surface area (TPSA) is 90.7 Å². The van der Waals surface area contributed by atoms with Gasteiger partial charge in [-0.1, -0.05) is 0 Å². The average molecular weight is 278 g/mol. The number of likely N-dealkylation sites (tertiary alicyclic amines) is 1. The SMILES string of the molecule is Cc1nc(C(=O)N2CCC(C)(O)CC2)ccc1C(=O)O. The van der Waals surface area contributed by atoms with Gasteiger partial charge < -0.3 is 15.1 Å². The Morgan fingerprint density at radius 1 is 1.30 bits per heavy atom. The number of hydrogen-bond acceptors (Lipinski definition) is 4. The van der Waals surface area contributed by atoms with Crippen molar-refractivity contribution in [3.8, 4) is 0 Å². The molecule has 0 atom stereocenters. The fourth-order valence-electron chi connectivity index (χ4n) is 2.26. The molecule has 0 aliphatic carbocycles. The minimum Gasteiger partial charge on any atom is -0.478 e. The molecule has 0 aromatic carbocycles. The first kappa shape index (κ1) is 14.5. The van der Waals surface area contributed by atoms with Crippen molar-refractivity contribution in [2.45, 2.75) is 32.3 Å². The molecule has 2 rings (SSSR count). The first-order valence-corrected chi connectivity index (χ1v) is 6.53. The molecule has 1 aliphatic heterocycles. The lowest BCUT2D eigenvalue weighted by atomic mass is 9.93. The van der Waals surface area contributed by atoms with Gasteiger partial charge in [-0.25, -0.2) is 9.78 Å². The molecule has 1 fully saturated rings. The number of aromatic carboxylic acids is 1. The number of amides is 1. The van der Waals surface area contributed by atoms with Gasteiger partial charge >= 0.3 is 5.97 Å². The van der Waals surface area contributed by atoms with E-state index in [0.717, 1.165) is 0 Å². The van der Waals surface area contributed by atoms with Gasteiger partial charge in [-0.2, -0.15) is 0 Å². The number of rotatable bonds is 2. The monoisotopic (exact) mass is 278 g/mol. The number of aliphatic hydroxyl groups is 1. The summed E-state index contributed by atoms with van der Waals surface area (Å²) in [5, 5.41) is 18.8. The summed E-state index contributed by atoms with van der Waals surface area (Å²) in [5.74, 6) is -1.27. The zero-order valence-electron chi connectivity index (χ0n) is 11.6. The Hall–Kier alpha value is -1.95. The summed E-state index contributed by atoms with van der Waals surface area (Å²) in [6, 6.07) is 2.84. The van der Waals surface area contributed by atoms with Crippen LogP contribution in [0.15, 0.2) is 12.1 Å². The number of carboxylic acid groups (broad SMARTS) is 1. The van der Waals surface area contributed by atoms with Gasteiger partial charge in [0.15, 0.2) is 0 Å². The van der Waals surface area contributed by atoms with Crippen LogP contribution in [0.25, 0.3) is 0 Å². The van der Waals surface area contributed by atoms with E-state index in [2.05, 4.69) is 4.98 Å². The van der Waals surface area contributed by atoms with E-state index in [0.29, 0.717) is 31.6 Å². The van der Waals surface area contributed by atoms with Crippen molar-refractivity contribution in [2.75, 3.05) is 13.1 Å². The summed E-state index contributed by atoms with van der Waals surface area (Å²) >= 11 is 0. The van der Waals surface area contributed by atoms with Crippen LogP contribution in [-0.4, -0.2) is 50.7 Å². The highest BCUT2D eigenvalue weighted by atomic mass is 16.4. The molecule has 6 nitrogen and oxygen atoms in total. The molecule has 20 heavy (non-hydrogen) atoms. The molecule has 1 aromatic rings. The minimum absolute atomic E-state index is 0.100. The lowest BCUT2D eigenvalue weighted by Crippen LogP contribution is -2.45. The third kappa shape index (κ3) is 2.96. The standard InChI is InChI=1S/C14H18N2O4/c1-9-10(13(18)19)3-4-11(15-9)12(17)16-7-5-14(2,20)6-8-16/h3-4,20H,5-8H2,1-2H3,(H,18,19). The third-order valence-corrected chi connectivity index (χ3v) is 3.66. The Morgan fingerprint density at radius 2 is 1.90 bits per heavy atom. The van der Waals surface area contributed by atoms with E-state index >= 15 is 0 Å². The predicted octanol–water partition coefficient (Wildman–Crippen LogP) is 1.08. The fraction of sp³-hybridized carbons (Fsp3) is 0.500. The number of aromatic nitrogens is 1. The number of carbonyl (C=O) groups excluding carboxylic acids is 1. The lowest BCUT2D eigenvalue weighted by molar-refractivity contribution is -0.00222. The molecule has 0 unspecified atom stereocenters. The summed E-state index contributed by atoms with van der Waals surface area (Å²) in [6.07, 6.45) is 1.07. The van der Waals surface area contributed by atoms with Gasteiger partial charge in [0.25, 0.3) is 5.91 Å². The molecule has 1 amide bonds. The molecule has 0 saturated carbocycles. The Balaban J connectivity index is 2.14. The van der Waals surface area contributed by atoms with Gasteiger partial charge in [0.1, 0.15) is 5.69 Å². The Bertz CT molecular complexity index is 544. The van der Waals surface area contributed by atoms with Crippen molar-refractivity contribution < 1.29 is 19.8 Å². The zero-order chi connectivity index (χ0) is 14.9. The van der Waals surface area contributed by atoms with Crippen LogP contribution < -0.4 is 0 Å². The van der Waals surface area contributed by atoms with Crippen molar-refractivity contribution in [3.05, 3.63) is 29.1 Å². The average Bonchev–Trinajstić information content (AvgIpc) is 2.37. The molecule has 1 saturated heterocycles. The molecule has 0 radical (unpaired) electrons. The van der Waals surface area contributed by atoms with Crippen molar-refractivity contribution in [1.82, 2.24) is 9.88 Å². The number of carboxylic acids is 1. The number of nitrogens with zero attached hydrogens (tertiary/aromatic N) is 2. The van der Waals surface area contributed by atoms with Crippen LogP contribution in [0.1, 0.15) is 46.3 Å². The molecule has 6 heteroatoms. The highest BCUT2D eigenvalue weighted by Crippen LogP contribution is 2.22. The van der Waals surface area contributed by atoms with Gasteiger partial charge in [0, 0.05) is 13.1 Å². The molecule has 2 heterocycles. The van der Waals surface area contributed by atoms with Gasteiger partial charge in [0.05, 0.1) is 16.9 Å². The molecule has 2 N–H and O–H groups in total. The van der Waals surface area contributed by atoms with Crippen molar-refractivity contribution in [2.24, 2.45) is 0 Å². The third-order valence-electron chi connectivity index (χ3n) is 3.66. The van der Waals surface area contributed by atoms with Gasteiger partial charge in [-0.05, 0) is 38.8 Å². The van der Waals surface area contributed by atoms with E-state index in [1.54, 1.807) is 18.7 Å². The van der Waals surface area contributed by atoms with E-state index in [1.807, 2.05) is 0 Å². The summed E-state index contributed by atoms with van der Waals surface area (Å²) in [7, 11) is 0. The second-order valence-electron chi connectivity index (χ2n) is 5.42. The quantitative estimate of drug-likeness (QED) is 0.844.